The lowest BCUT2D eigenvalue weighted by atomic mass is 10.1. The topological polar surface area (TPSA) is 60.0 Å². The van der Waals surface area contributed by atoms with E-state index in [9.17, 15) is 4.79 Å². The third-order valence-electron chi connectivity index (χ3n) is 4.03. The number of benzene rings is 2. The smallest absolute Gasteiger partial charge is 0.244 e. The molecule has 0 heterocycles. The first kappa shape index (κ1) is 20.2. The number of hydrogen-bond donors (Lipinski definition) is 1. The first-order valence-electron chi connectivity index (χ1n) is 8.50. The number of nitrogens with one attached hydrogen (secondary N) is 1. The Morgan fingerprint density at radius 2 is 1.59 bits per heavy atom. The van der Waals surface area contributed by atoms with Crippen LogP contribution in [0.15, 0.2) is 42.5 Å². The molecule has 0 aromatic heterocycles. The number of anilines is 1. The van der Waals surface area contributed by atoms with Crippen LogP contribution in [0.5, 0.6) is 17.2 Å². The van der Waals surface area contributed by atoms with E-state index in [4.69, 9.17) is 14.2 Å². The van der Waals surface area contributed by atoms with Crippen LogP contribution in [0, 0.1) is 0 Å². The minimum Gasteiger partial charge on any atom is -0.493 e. The Hall–Kier alpha value is -3.15. The summed E-state index contributed by atoms with van der Waals surface area (Å²) in [5.74, 6) is 1.42. The number of ether oxygens (including phenoxy) is 3. The molecule has 0 unspecified atom stereocenters. The Balaban J connectivity index is 2.01. The van der Waals surface area contributed by atoms with Crippen molar-refractivity contribution in [2.75, 3.05) is 40.3 Å². The molecule has 0 fully saturated rings. The van der Waals surface area contributed by atoms with Gasteiger partial charge in [-0.05, 0) is 41.5 Å². The maximum Gasteiger partial charge on any atom is 0.244 e. The van der Waals surface area contributed by atoms with Crippen molar-refractivity contribution in [3.8, 4) is 17.2 Å². The van der Waals surface area contributed by atoms with Crippen LogP contribution >= 0.6 is 0 Å². The minimum absolute atomic E-state index is 0.180. The van der Waals surface area contributed by atoms with E-state index in [-0.39, 0.29) is 5.91 Å². The van der Waals surface area contributed by atoms with Crippen molar-refractivity contribution in [2.24, 2.45) is 0 Å². The summed E-state index contributed by atoms with van der Waals surface area (Å²) in [5, 5.41) is 2.87. The van der Waals surface area contributed by atoms with Crippen LogP contribution < -0.4 is 24.4 Å². The molecule has 0 spiro atoms. The highest BCUT2D eigenvalue weighted by molar-refractivity contribution is 5.91. The number of carbonyl (C=O) groups excluding carboxylic acids is 1. The van der Waals surface area contributed by atoms with Gasteiger partial charge in [0.2, 0.25) is 11.7 Å². The Morgan fingerprint density at radius 3 is 2.07 bits per heavy atom. The molecule has 2 rings (SSSR count). The van der Waals surface area contributed by atoms with Crippen molar-refractivity contribution in [1.82, 2.24) is 5.32 Å². The van der Waals surface area contributed by atoms with Crippen molar-refractivity contribution in [1.29, 1.82) is 0 Å². The zero-order valence-electron chi connectivity index (χ0n) is 16.4. The number of hydrogen-bond acceptors (Lipinski definition) is 5. The van der Waals surface area contributed by atoms with Gasteiger partial charge < -0.3 is 24.4 Å². The summed E-state index contributed by atoms with van der Waals surface area (Å²) in [4.78, 5) is 14.1. The van der Waals surface area contributed by atoms with Gasteiger partial charge in [0, 0.05) is 32.4 Å². The number of nitrogens with zero attached hydrogens (tertiary/aromatic N) is 1. The van der Waals surface area contributed by atoms with Gasteiger partial charge in [-0.25, -0.2) is 0 Å². The van der Waals surface area contributed by atoms with Crippen molar-refractivity contribution in [3.63, 3.8) is 0 Å². The molecule has 6 heteroatoms. The fourth-order valence-corrected chi connectivity index (χ4v) is 2.53. The van der Waals surface area contributed by atoms with Crippen molar-refractivity contribution >= 4 is 17.7 Å². The highest BCUT2D eigenvalue weighted by Crippen LogP contribution is 2.38. The van der Waals surface area contributed by atoms with E-state index in [1.54, 1.807) is 39.5 Å². The lowest BCUT2D eigenvalue weighted by Gasteiger charge is -2.13. The number of amides is 1. The number of carbonyl (C=O) groups is 1. The third-order valence-corrected chi connectivity index (χ3v) is 4.03. The second-order valence-electron chi connectivity index (χ2n) is 6.07. The van der Waals surface area contributed by atoms with E-state index in [1.165, 1.54) is 6.08 Å². The molecule has 0 aliphatic carbocycles. The van der Waals surface area contributed by atoms with Crippen LogP contribution in [-0.4, -0.2) is 41.3 Å². The van der Waals surface area contributed by atoms with Crippen molar-refractivity contribution < 1.29 is 19.0 Å². The molecule has 144 valence electrons. The van der Waals surface area contributed by atoms with Crippen LogP contribution in [0.2, 0.25) is 0 Å². The molecule has 0 bridgehead atoms. The average molecular weight is 370 g/mol. The first-order valence-corrected chi connectivity index (χ1v) is 8.50. The maximum atomic E-state index is 12.1. The Bertz CT molecular complexity index is 773. The fraction of sp³-hybridized carbons (Fsp3) is 0.286. The summed E-state index contributed by atoms with van der Waals surface area (Å²) in [6, 6.07) is 11.6. The monoisotopic (exact) mass is 370 g/mol. The maximum absolute atomic E-state index is 12.1. The highest BCUT2D eigenvalue weighted by atomic mass is 16.5. The molecular formula is C21H26N2O4. The molecule has 1 N–H and O–H groups in total. The summed E-state index contributed by atoms with van der Waals surface area (Å²) in [6.07, 6.45) is 3.18. The summed E-state index contributed by atoms with van der Waals surface area (Å²) in [5.41, 5.74) is 2.93. The van der Waals surface area contributed by atoms with E-state index in [1.807, 2.05) is 43.3 Å². The predicted octanol–water partition coefficient (Wildman–Crippen LogP) is 3.11. The molecule has 6 nitrogen and oxygen atoms in total. The van der Waals surface area contributed by atoms with Gasteiger partial charge >= 0.3 is 0 Å². The Labute approximate surface area is 160 Å². The number of rotatable bonds is 8. The molecule has 0 saturated carbocycles. The molecule has 0 radical (unpaired) electrons. The Kier molecular flexibility index (Phi) is 7.11. The van der Waals surface area contributed by atoms with Crippen LogP contribution in [-0.2, 0) is 11.3 Å². The predicted molar refractivity (Wildman–Crippen MR) is 108 cm³/mol. The van der Waals surface area contributed by atoms with Gasteiger partial charge in [0.05, 0.1) is 21.3 Å². The van der Waals surface area contributed by atoms with Crippen molar-refractivity contribution in [2.45, 2.75) is 6.54 Å². The SMILES string of the molecule is COc1cc(/C=C/C(=O)NCc2ccc(N(C)C)cc2)cc(OC)c1OC. The largest absolute Gasteiger partial charge is 0.493 e. The normalized spacial score (nSPS) is 10.6. The zero-order valence-corrected chi connectivity index (χ0v) is 16.4. The molecule has 27 heavy (non-hydrogen) atoms. The lowest BCUT2D eigenvalue weighted by Crippen LogP contribution is -2.20. The lowest BCUT2D eigenvalue weighted by molar-refractivity contribution is -0.116. The Morgan fingerprint density at radius 1 is 1.00 bits per heavy atom. The molecule has 0 aliphatic heterocycles. The summed E-state index contributed by atoms with van der Waals surface area (Å²) in [7, 11) is 8.64. The zero-order chi connectivity index (χ0) is 19.8. The van der Waals surface area contributed by atoms with Crippen LogP contribution in [0.1, 0.15) is 11.1 Å². The average Bonchev–Trinajstić information content (AvgIpc) is 2.69. The van der Waals surface area contributed by atoms with Gasteiger partial charge in [-0.3, -0.25) is 4.79 Å². The summed E-state index contributed by atoms with van der Waals surface area (Å²) < 4.78 is 15.9. The minimum atomic E-state index is -0.180. The van der Waals surface area contributed by atoms with Gasteiger partial charge in [0.15, 0.2) is 11.5 Å². The van der Waals surface area contributed by atoms with Crippen LogP contribution in [0.4, 0.5) is 5.69 Å². The van der Waals surface area contributed by atoms with E-state index >= 15 is 0 Å². The molecule has 2 aromatic rings. The molecular weight excluding hydrogens is 344 g/mol. The third kappa shape index (κ3) is 5.41. The van der Waals surface area contributed by atoms with Gasteiger partial charge in [-0.15, -0.1) is 0 Å². The quantitative estimate of drug-likeness (QED) is 0.724. The fourth-order valence-electron chi connectivity index (χ4n) is 2.53. The number of methoxy groups -OCH3 is 3. The molecule has 1 amide bonds. The summed E-state index contributed by atoms with van der Waals surface area (Å²) in [6.45, 7) is 0.464. The van der Waals surface area contributed by atoms with Crippen LogP contribution in [0.3, 0.4) is 0 Å². The van der Waals surface area contributed by atoms with E-state index in [2.05, 4.69) is 5.32 Å². The van der Waals surface area contributed by atoms with Gasteiger partial charge in [-0.1, -0.05) is 12.1 Å². The second kappa shape index (κ2) is 9.52. The van der Waals surface area contributed by atoms with Crippen LogP contribution in [0.25, 0.3) is 6.08 Å². The van der Waals surface area contributed by atoms with Gasteiger partial charge in [0.1, 0.15) is 0 Å². The van der Waals surface area contributed by atoms with Gasteiger partial charge in [0.25, 0.3) is 0 Å². The molecule has 0 saturated heterocycles. The van der Waals surface area contributed by atoms with E-state index in [0.29, 0.717) is 23.8 Å². The van der Waals surface area contributed by atoms with E-state index < -0.39 is 0 Å². The molecule has 2 aromatic carbocycles. The van der Waals surface area contributed by atoms with Gasteiger partial charge in [-0.2, -0.15) is 0 Å². The second-order valence-corrected chi connectivity index (χ2v) is 6.07. The van der Waals surface area contributed by atoms with E-state index in [0.717, 1.165) is 16.8 Å². The van der Waals surface area contributed by atoms with Crippen molar-refractivity contribution in [3.05, 3.63) is 53.6 Å². The summed E-state index contributed by atoms with van der Waals surface area (Å²) >= 11 is 0. The standard InChI is InChI=1S/C21H26N2O4/c1-23(2)17-9-6-15(7-10-17)14-22-20(24)11-8-16-12-18(25-3)21(27-5)19(13-16)26-4/h6-13H,14H2,1-5H3,(H,22,24)/b11-8+. The molecule has 0 atom stereocenters. The molecule has 0 aliphatic rings. The highest BCUT2D eigenvalue weighted by Gasteiger charge is 2.12. The first-order chi connectivity index (χ1) is 13.0.